The predicted octanol–water partition coefficient (Wildman–Crippen LogP) is 3.19. The quantitative estimate of drug-likeness (QED) is 0.879. The molecule has 0 atom stereocenters. The van der Waals surface area contributed by atoms with Crippen molar-refractivity contribution in [2.75, 3.05) is 0 Å². The SMILES string of the molecule is NC1(c2noc(CSc3ccc4c(c3)CCC4)n2)CCC1. The third-order valence-electron chi connectivity index (χ3n) is 4.59. The monoisotopic (exact) mass is 301 g/mol. The van der Waals surface area contributed by atoms with E-state index < -0.39 is 0 Å². The zero-order chi connectivity index (χ0) is 14.3. The number of hydrogen-bond acceptors (Lipinski definition) is 5. The molecule has 5 heteroatoms. The fraction of sp³-hybridized carbons (Fsp3) is 0.500. The number of hydrogen-bond donors (Lipinski definition) is 1. The highest BCUT2D eigenvalue weighted by molar-refractivity contribution is 7.98. The molecular formula is C16H19N3OS. The van der Waals surface area contributed by atoms with Gasteiger partial charge < -0.3 is 10.3 Å². The van der Waals surface area contributed by atoms with Crippen molar-refractivity contribution in [3.63, 3.8) is 0 Å². The summed E-state index contributed by atoms with van der Waals surface area (Å²) in [5, 5.41) is 4.06. The van der Waals surface area contributed by atoms with E-state index in [-0.39, 0.29) is 5.54 Å². The maximum Gasteiger partial charge on any atom is 0.237 e. The summed E-state index contributed by atoms with van der Waals surface area (Å²) in [5.74, 6) is 2.06. The highest BCUT2D eigenvalue weighted by Gasteiger charge is 2.38. The molecule has 1 saturated carbocycles. The summed E-state index contributed by atoms with van der Waals surface area (Å²) in [4.78, 5) is 5.75. The van der Waals surface area contributed by atoms with E-state index in [0.29, 0.717) is 17.5 Å². The molecule has 0 spiro atoms. The molecular weight excluding hydrogens is 282 g/mol. The first-order valence-corrected chi connectivity index (χ1v) is 8.58. The molecule has 4 rings (SSSR count). The molecule has 1 aromatic carbocycles. The third kappa shape index (κ3) is 2.49. The lowest BCUT2D eigenvalue weighted by atomic mass is 9.77. The van der Waals surface area contributed by atoms with Crippen LogP contribution in [-0.2, 0) is 24.1 Å². The smallest absolute Gasteiger partial charge is 0.237 e. The van der Waals surface area contributed by atoms with Crippen molar-refractivity contribution in [3.05, 3.63) is 41.0 Å². The summed E-state index contributed by atoms with van der Waals surface area (Å²) in [5.41, 5.74) is 8.89. The number of nitrogens with two attached hydrogens (primary N) is 1. The second-order valence-electron chi connectivity index (χ2n) is 6.09. The minimum Gasteiger partial charge on any atom is -0.338 e. The molecule has 110 valence electrons. The Morgan fingerprint density at radius 1 is 1.19 bits per heavy atom. The zero-order valence-electron chi connectivity index (χ0n) is 12.0. The van der Waals surface area contributed by atoms with Crippen LogP contribution in [0.2, 0.25) is 0 Å². The van der Waals surface area contributed by atoms with Gasteiger partial charge in [-0.1, -0.05) is 11.2 Å². The molecule has 2 aromatic rings. The average Bonchev–Trinajstić information content (AvgIpc) is 3.11. The molecule has 4 nitrogen and oxygen atoms in total. The van der Waals surface area contributed by atoms with Gasteiger partial charge in [-0.05, 0) is 61.8 Å². The number of thioether (sulfide) groups is 1. The number of nitrogens with zero attached hydrogens (tertiary/aromatic N) is 2. The topological polar surface area (TPSA) is 64.9 Å². The van der Waals surface area contributed by atoms with Crippen LogP contribution in [0.3, 0.4) is 0 Å². The fourth-order valence-electron chi connectivity index (χ4n) is 3.08. The minimum atomic E-state index is -0.333. The standard InChI is InChI=1S/C16H19N3OS/c17-16(7-2-8-16)15-18-14(20-19-15)10-21-13-6-5-11-3-1-4-12(11)9-13/h5-6,9H,1-4,7-8,10,17H2. The van der Waals surface area contributed by atoms with Gasteiger partial charge in [0.05, 0.1) is 11.3 Å². The van der Waals surface area contributed by atoms with Crippen LogP contribution in [0.15, 0.2) is 27.6 Å². The van der Waals surface area contributed by atoms with Crippen LogP contribution in [-0.4, -0.2) is 10.1 Å². The van der Waals surface area contributed by atoms with Gasteiger partial charge >= 0.3 is 0 Å². The molecule has 1 aromatic heterocycles. The Kier molecular flexibility index (Phi) is 3.27. The first-order valence-electron chi connectivity index (χ1n) is 7.59. The van der Waals surface area contributed by atoms with E-state index in [4.69, 9.17) is 10.3 Å². The van der Waals surface area contributed by atoms with Crippen molar-refractivity contribution in [3.8, 4) is 0 Å². The van der Waals surface area contributed by atoms with Crippen molar-refractivity contribution in [2.24, 2.45) is 5.73 Å². The zero-order valence-corrected chi connectivity index (χ0v) is 12.8. The van der Waals surface area contributed by atoms with E-state index in [1.165, 1.54) is 35.3 Å². The van der Waals surface area contributed by atoms with Gasteiger partial charge in [-0.3, -0.25) is 0 Å². The Balaban J connectivity index is 1.43. The number of benzene rings is 1. The largest absolute Gasteiger partial charge is 0.338 e. The molecule has 0 aliphatic heterocycles. The summed E-state index contributed by atoms with van der Waals surface area (Å²) >= 11 is 1.75. The number of aromatic nitrogens is 2. The lowest BCUT2D eigenvalue weighted by molar-refractivity contribution is 0.229. The van der Waals surface area contributed by atoms with Crippen LogP contribution in [0.25, 0.3) is 0 Å². The van der Waals surface area contributed by atoms with E-state index >= 15 is 0 Å². The molecule has 1 fully saturated rings. The van der Waals surface area contributed by atoms with Crippen molar-refractivity contribution in [2.45, 2.75) is 54.7 Å². The van der Waals surface area contributed by atoms with Crippen molar-refractivity contribution in [1.82, 2.24) is 10.1 Å². The van der Waals surface area contributed by atoms with Gasteiger partial charge in [0.2, 0.25) is 5.89 Å². The minimum absolute atomic E-state index is 0.333. The second kappa shape index (κ2) is 5.14. The summed E-state index contributed by atoms with van der Waals surface area (Å²) in [6.07, 6.45) is 6.81. The van der Waals surface area contributed by atoms with E-state index in [0.717, 1.165) is 19.3 Å². The number of rotatable bonds is 4. The maximum absolute atomic E-state index is 6.21. The Hall–Kier alpha value is -1.33. The normalized spacial score (nSPS) is 19.3. The Bertz CT molecular complexity index is 663. The van der Waals surface area contributed by atoms with Gasteiger partial charge in [0.1, 0.15) is 0 Å². The Morgan fingerprint density at radius 3 is 2.86 bits per heavy atom. The highest BCUT2D eigenvalue weighted by atomic mass is 32.2. The van der Waals surface area contributed by atoms with Gasteiger partial charge in [0.25, 0.3) is 0 Å². The summed E-state index contributed by atoms with van der Waals surface area (Å²) < 4.78 is 5.34. The van der Waals surface area contributed by atoms with Crippen molar-refractivity contribution >= 4 is 11.8 Å². The molecule has 0 saturated heterocycles. The van der Waals surface area contributed by atoms with E-state index in [2.05, 4.69) is 28.3 Å². The van der Waals surface area contributed by atoms with E-state index in [1.807, 2.05) is 0 Å². The first kappa shape index (κ1) is 13.3. The summed E-state index contributed by atoms with van der Waals surface area (Å²) in [6.45, 7) is 0. The fourth-order valence-corrected chi connectivity index (χ4v) is 3.88. The first-order chi connectivity index (χ1) is 10.2. The highest BCUT2D eigenvalue weighted by Crippen LogP contribution is 2.37. The lowest BCUT2D eigenvalue weighted by Crippen LogP contribution is -2.44. The van der Waals surface area contributed by atoms with Gasteiger partial charge in [-0.15, -0.1) is 11.8 Å². The van der Waals surface area contributed by atoms with Crippen LogP contribution in [0.4, 0.5) is 0 Å². The summed E-state index contributed by atoms with van der Waals surface area (Å²) in [6, 6.07) is 6.76. The molecule has 2 aliphatic rings. The maximum atomic E-state index is 6.21. The van der Waals surface area contributed by atoms with Gasteiger partial charge in [0, 0.05) is 4.90 Å². The van der Waals surface area contributed by atoms with Crippen LogP contribution in [0.1, 0.15) is 48.5 Å². The van der Waals surface area contributed by atoms with Crippen LogP contribution >= 0.6 is 11.8 Å². The van der Waals surface area contributed by atoms with E-state index in [9.17, 15) is 0 Å². The average molecular weight is 301 g/mol. The molecule has 2 N–H and O–H groups in total. The molecule has 0 amide bonds. The van der Waals surface area contributed by atoms with Gasteiger partial charge in [-0.25, -0.2) is 0 Å². The Morgan fingerprint density at radius 2 is 2.05 bits per heavy atom. The summed E-state index contributed by atoms with van der Waals surface area (Å²) in [7, 11) is 0. The van der Waals surface area contributed by atoms with Crippen molar-refractivity contribution in [1.29, 1.82) is 0 Å². The van der Waals surface area contributed by atoms with Gasteiger partial charge in [0.15, 0.2) is 5.82 Å². The van der Waals surface area contributed by atoms with Crippen molar-refractivity contribution < 1.29 is 4.52 Å². The molecule has 0 radical (unpaired) electrons. The second-order valence-corrected chi connectivity index (χ2v) is 7.14. The van der Waals surface area contributed by atoms with Gasteiger partial charge in [-0.2, -0.15) is 4.98 Å². The number of fused-ring (bicyclic) bond motifs is 1. The van der Waals surface area contributed by atoms with Crippen LogP contribution in [0, 0.1) is 0 Å². The lowest BCUT2D eigenvalue weighted by Gasteiger charge is -2.34. The van der Waals surface area contributed by atoms with Crippen LogP contribution in [0.5, 0.6) is 0 Å². The molecule has 0 unspecified atom stereocenters. The molecule has 0 bridgehead atoms. The predicted molar refractivity (Wildman–Crippen MR) is 82.0 cm³/mol. The molecule has 21 heavy (non-hydrogen) atoms. The Labute approximate surface area is 128 Å². The van der Waals surface area contributed by atoms with E-state index in [1.54, 1.807) is 11.8 Å². The van der Waals surface area contributed by atoms with Crippen LogP contribution < -0.4 is 5.73 Å². The number of aryl methyl sites for hydroxylation is 2. The molecule has 2 aliphatic carbocycles. The third-order valence-corrected chi connectivity index (χ3v) is 5.57. The molecule has 1 heterocycles.